The van der Waals surface area contributed by atoms with E-state index in [4.69, 9.17) is 5.26 Å². The molecule has 0 rings (SSSR count). The number of nitrogens with two attached hydrogens (primary N) is 1. The van der Waals surface area contributed by atoms with Crippen molar-refractivity contribution in [3.05, 3.63) is 0 Å². The van der Waals surface area contributed by atoms with E-state index in [9.17, 15) is 0 Å². The summed E-state index contributed by atoms with van der Waals surface area (Å²) >= 11 is 0. The van der Waals surface area contributed by atoms with E-state index in [0.717, 1.165) is 10.4 Å². The topological polar surface area (TPSA) is 49.8 Å². The molecule has 0 spiro atoms. The van der Waals surface area contributed by atoms with E-state index in [1.165, 1.54) is 6.92 Å². The molecule has 0 aromatic rings. The number of hydrogen-bond acceptors (Lipinski definition) is 2. The summed E-state index contributed by atoms with van der Waals surface area (Å²) < 4.78 is 0. The van der Waals surface area contributed by atoms with Crippen LogP contribution < -0.4 is 5.40 Å². The van der Waals surface area contributed by atoms with Gasteiger partial charge in [0.25, 0.3) is 0 Å². The Bertz CT molecular complexity index is 29.1. The zero-order chi connectivity index (χ0) is 4.71. The van der Waals surface area contributed by atoms with Crippen LogP contribution in [0.3, 0.4) is 0 Å². The summed E-state index contributed by atoms with van der Waals surface area (Å²) in [4.78, 5) is 0. The molecular formula is C2H8N2Si. The lowest BCUT2D eigenvalue weighted by atomic mass is 11.0. The minimum absolute atomic E-state index is 0.806. The second-order valence-electron chi connectivity index (χ2n) is 0.224. The molecule has 0 aromatic carbocycles. The fourth-order valence-electron chi connectivity index (χ4n) is 0. The fourth-order valence-corrected chi connectivity index (χ4v) is 0. The summed E-state index contributed by atoms with van der Waals surface area (Å²) in [7, 11) is 0.806. The molecule has 3 heteroatoms. The summed E-state index contributed by atoms with van der Waals surface area (Å²) in [6.45, 7) is 1.43. The monoisotopic (exact) mass is 88.0 g/mol. The van der Waals surface area contributed by atoms with E-state index in [0.29, 0.717) is 0 Å². The molecule has 0 aliphatic heterocycles. The Balaban J connectivity index is 0. The van der Waals surface area contributed by atoms with E-state index in [1.807, 2.05) is 0 Å². The molecule has 0 heterocycles. The first-order valence-electron chi connectivity index (χ1n) is 1.30. The molecule has 0 amide bonds. The zero-order valence-corrected chi connectivity index (χ0v) is 5.52. The fraction of sp³-hybridized carbons (Fsp3) is 0.500. The summed E-state index contributed by atoms with van der Waals surface area (Å²) in [5, 5.41) is 12.0. The van der Waals surface area contributed by atoms with Crippen molar-refractivity contribution in [2.45, 2.75) is 6.92 Å². The minimum Gasteiger partial charge on any atom is -0.358 e. The molecule has 0 saturated heterocycles. The Morgan fingerprint density at radius 3 is 1.80 bits per heavy atom. The molecule has 0 atom stereocenters. The summed E-state index contributed by atoms with van der Waals surface area (Å²) in [6.07, 6.45) is 0. The highest BCUT2D eigenvalue weighted by Gasteiger charge is 1.17. The van der Waals surface area contributed by atoms with Crippen LogP contribution in [0.5, 0.6) is 0 Å². The average molecular weight is 88.2 g/mol. The van der Waals surface area contributed by atoms with Gasteiger partial charge >= 0.3 is 0 Å². The highest BCUT2D eigenvalue weighted by atomic mass is 28.2. The van der Waals surface area contributed by atoms with E-state index in [1.54, 1.807) is 6.07 Å². The molecule has 30 valence electrons. The summed E-state index contributed by atoms with van der Waals surface area (Å²) in [5.74, 6) is 0. The number of nitriles is 1. The number of rotatable bonds is 0. The first-order valence-corrected chi connectivity index (χ1v) is 2.46. The van der Waals surface area contributed by atoms with Crippen molar-refractivity contribution in [1.82, 2.24) is 0 Å². The van der Waals surface area contributed by atoms with Gasteiger partial charge in [-0.3, -0.25) is 0 Å². The van der Waals surface area contributed by atoms with Gasteiger partial charge in [-0.25, -0.2) is 0 Å². The molecule has 0 radical (unpaired) electrons. The Labute approximate surface area is 35.1 Å². The van der Waals surface area contributed by atoms with E-state index in [2.05, 4.69) is 5.40 Å². The average Bonchev–Trinajstić information content (AvgIpc) is 1.46. The zero-order valence-electron chi connectivity index (χ0n) is 3.52. The van der Waals surface area contributed by atoms with Crippen LogP contribution in [0.1, 0.15) is 6.92 Å². The molecule has 5 heavy (non-hydrogen) atoms. The van der Waals surface area contributed by atoms with Crippen LogP contribution >= 0.6 is 0 Å². The second kappa shape index (κ2) is 58.6. The maximum absolute atomic E-state index is 7.32. The first kappa shape index (κ1) is 8.82. The number of nitrogens with zero attached hydrogens (tertiary/aromatic N) is 1. The predicted molar refractivity (Wildman–Crippen MR) is 25.4 cm³/mol. The van der Waals surface area contributed by atoms with Crippen molar-refractivity contribution in [2.75, 3.05) is 0 Å². The maximum Gasteiger partial charge on any atom is 0.0716 e. The van der Waals surface area contributed by atoms with Crippen LogP contribution in [0.25, 0.3) is 0 Å². The molecule has 0 aliphatic carbocycles. The van der Waals surface area contributed by atoms with Crippen LogP contribution in [-0.2, 0) is 0 Å². The Morgan fingerprint density at radius 2 is 1.80 bits per heavy atom. The molecule has 0 aliphatic rings. The molecule has 2 nitrogen and oxygen atoms in total. The SMILES string of the molecule is CC#N.N[SiH3]. The van der Waals surface area contributed by atoms with Crippen molar-refractivity contribution < 1.29 is 0 Å². The van der Waals surface area contributed by atoms with Crippen LogP contribution in [0.4, 0.5) is 0 Å². The Morgan fingerprint density at radius 1 is 1.80 bits per heavy atom. The van der Waals surface area contributed by atoms with Crippen LogP contribution in [0.2, 0.25) is 0 Å². The van der Waals surface area contributed by atoms with Gasteiger partial charge in [0.2, 0.25) is 0 Å². The van der Waals surface area contributed by atoms with Crippen molar-refractivity contribution >= 4 is 10.4 Å². The third-order valence-corrected chi connectivity index (χ3v) is 0. The van der Waals surface area contributed by atoms with Gasteiger partial charge in [-0.2, -0.15) is 5.26 Å². The van der Waals surface area contributed by atoms with Crippen LogP contribution in [0.15, 0.2) is 0 Å². The summed E-state index contributed by atoms with van der Waals surface area (Å²) in [6, 6.07) is 1.75. The lowest BCUT2D eigenvalue weighted by Crippen LogP contribution is -1.75. The van der Waals surface area contributed by atoms with Crippen LogP contribution in [-0.4, -0.2) is 10.4 Å². The van der Waals surface area contributed by atoms with E-state index >= 15 is 0 Å². The predicted octanol–water partition coefficient (Wildman–Crippen LogP) is -1.24. The molecule has 0 unspecified atom stereocenters. The lowest BCUT2D eigenvalue weighted by Gasteiger charge is -1.17. The Kier molecular flexibility index (Phi) is 103. The smallest absolute Gasteiger partial charge is 0.0716 e. The normalized spacial score (nSPS) is 3.40. The largest absolute Gasteiger partial charge is 0.358 e. The van der Waals surface area contributed by atoms with Gasteiger partial charge in [0.05, 0.1) is 16.5 Å². The molecular weight excluding hydrogens is 80.1 g/mol. The lowest BCUT2D eigenvalue weighted by molar-refractivity contribution is 1.49. The molecule has 0 bridgehead atoms. The minimum atomic E-state index is 0.806. The van der Waals surface area contributed by atoms with Gasteiger partial charge in [-0.1, -0.05) is 0 Å². The van der Waals surface area contributed by atoms with Gasteiger partial charge in [0.1, 0.15) is 0 Å². The first-order chi connectivity index (χ1) is 2.41. The molecule has 2 N–H and O–H groups in total. The molecule has 0 aromatic heterocycles. The van der Waals surface area contributed by atoms with Gasteiger partial charge in [0, 0.05) is 6.92 Å². The highest BCUT2D eigenvalue weighted by Crippen LogP contribution is 1.21. The third-order valence-electron chi connectivity index (χ3n) is 0. The van der Waals surface area contributed by atoms with Crippen molar-refractivity contribution in [2.24, 2.45) is 5.40 Å². The molecule has 0 fully saturated rings. The van der Waals surface area contributed by atoms with Crippen molar-refractivity contribution in [1.29, 1.82) is 5.26 Å². The van der Waals surface area contributed by atoms with E-state index < -0.39 is 0 Å². The van der Waals surface area contributed by atoms with Gasteiger partial charge in [-0.15, -0.1) is 0 Å². The second-order valence-corrected chi connectivity index (χ2v) is 0.224. The van der Waals surface area contributed by atoms with E-state index in [-0.39, 0.29) is 0 Å². The third kappa shape index (κ3) is 91.8. The highest BCUT2D eigenvalue weighted by molar-refractivity contribution is 6.02. The van der Waals surface area contributed by atoms with Gasteiger partial charge in [0.15, 0.2) is 0 Å². The standard InChI is InChI=1S/C2H3N.H5NSi/c1-2-3;1-2/h1H3;1H2,2H3. The van der Waals surface area contributed by atoms with Gasteiger partial charge < -0.3 is 5.40 Å². The van der Waals surface area contributed by atoms with Crippen molar-refractivity contribution in [3.63, 3.8) is 0 Å². The maximum atomic E-state index is 7.32. The number of hydrogen-bond donors (Lipinski definition) is 1. The summed E-state index contributed by atoms with van der Waals surface area (Å²) in [5.41, 5.74) is 0. The quantitative estimate of drug-likeness (QED) is 0.376. The van der Waals surface area contributed by atoms with Crippen LogP contribution in [0, 0.1) is 11.3 Å². The molecule has 0 saturated carbocycles. The Hall–Kier alpha value is -0.333. The van der Waals surface area contributed by atoms with Gasteiger partial charge in [-0.05, 0) is 0 Å². The van der Waals surface area contributed by atoms with Crippen molar-refractivity contribution in [3.8, 4) is 6.07 Å².